The van der Waals surface area contributed by atoms with E-state index >= 15 is 0 Å². The molecule has 1 heterocycles. The summed E-state index contributed by atoms with van der Waals surface area (Å²) in [4.78, 5) is 5.08. The molecule has 1 rings (SSSR count). The monoisotopic (exact) mass is 140 g/mol. The molecule has 1 aliphatic rings. The largest absolute Gasteiger partial charge is 0.303 e. The van der Waals surface area contributed by atoms with Crippen molar-refractivity contribution in [1.82, 2.24) is 4.90 Å². The Kier molecular flexibility index (Phi) is 2.54. The predicted molar refractivity (Wildman–Crippen MR) is 39.7 cm³/mol. The topological polar surface area (TPSA) is 52.0 Å². The first kappa shape index (κ1) is 7.38. The van der Waals surface area contributed by atoms with Crippen LogP contribution in [0, 0.1) is 0 Å². The van der Waals surface area contributed by atoms with Crippen molar-refractivity contribution in [3.8, 4) is 0 Å². The molecule has 0 amide bonds. The Morgan fingerprint density at radius 2 is 2.60 bits per heavy atom. The van der Waals surface area contributed by atoms with Crippen LogP contribution in [0.4, 0.5) is 0 Å². The van der Waals surface area contributed by atoms with Crippen LogP contribution < -0.4 is 0 Å². The van der Waals surface area contributed by atoms with Gasteiger partial charge in [0.2, 0.25) is 0 Å². The number of likely N-dealkylation sites (tertiary alicyclic amines) is 1. The summed E-state index contributed by atoms with van der Waals surface area (Å²) in [5.74, 6) is 0. The van der Waals surface area contributed by atoms with E-state index in [1.54, 1.807) is 0 Å². The standard InChI is InChI=1S/C6H12N4/c1-2-10-4-3-6(5-10)8-9-7/h6H,2-5H2,1H3/t6-/m0/s1. The Morgan fingerprint density at radius 1 is 1.80 bits per heavy atom. The molecule has 0 aromatic heterocycles. The maximum atomic E-state index is 8.13. The highest BCUT2D eigenvalue weighted by Crippen LogP contribution is 2.11. The molecule has 0 spiro atoms. The molecule has 0 aliphatic carbocycles. The molecular weight excluding hydrogens is 128 g/mol. The summed E-state index contributed by atoms with van der Waals surface area (Å²) in [5.41, 5.74) is 8.13. The highest BCUT2D eigenvalue weighted by atomic mass is 15.2. The van der Waals surface area contributed by atoms with E-state index in [-0.39, 0.29) is 6.04 Å². The van der Waals surface area contributed by atoms with E-state index in [9.17, 15) is 0 Å². The SMILES string of the molecule is CCN1CC[C@H](N=[N+]=[N-])C1. The number of rotatable bonds is 2. The summed E-state index contributed by atoms with van der Waals surface area (Å²) in [5, 5.41) is 3.66. The van der Waals surface area contributed by atoms with Gasteiger partial charge in [0.15, 0.2) is 0 Å². The minimum atomic E-state index is 0.227. The van der Waals surface area contributed by atoms with Gasteiger partial charge in [0.1, 0.15) is 0 Å². The Bertz CT molecular complexity index is 150. The van der Waals surface area contributed by atoms with E-state index in [2.05, 4.69) is 21.8 Å². The van der Waals surface area contributed by atoms with Crippen molar-refractivity contribution in [2.45, 2.75) is 19.4 Å². The van der Waals surface area contributed by atoms with Gasteiger partial charge in [0.25, 0.3) is 0 Å². The molecule has 4 heteroatoms. The van der Waals surface area contributed by atoms with Gasteiger partial charge < -0.3 is 4.90 Å². The molecule has 0 aromatic carbocycles. The van der Waals surface area contributed by atoms with Gasteiger partial charge in [0.05, 0.1) is 6.04 Å². The van der Waals surface area contributed by atoms with E-state index in [4.69, 9.17) is 5.53 Å². The quantitative estimate of drug-likeness (QED) is 0.325. The Hall–Kier alpha value is -0.730. The van der Waals surface area contributed by atoms with Crippen molar-refractivity contribution in [3.63, 3.8) is 0 Å². The molecule has 1 aliphatic heterocycles. The van der Waals surface area contributed by atoms with Crippen LogP contribution in [0.15, 0.2) is 5.11 Å². The van der Waals surface area contributed by atoms with E-state index in [1.807, 2.05) is 0 Å². The number of hydrogen-bond donors (Lipinski definition) is 0. The fraction of sp³-hybridized carbons (Fsp3) is 1.00. The fourth-order valence-corrected chi connectivity index (χ4v) is 1.27. The molecular formula is C6H12N4. The minimum absolute atomic E-state index is 0.227. The van der Waals surface area contributed by atoms with E-state index in [1.165, 1.54) is 0 Å². The molecule has 0 saturated carbocycles. The van der Waals surface area contributed by atoms with Crippen LogP contribution in [0.1, 0.15) is 13.3 Å². The van der Waals surface area contributed by atoms with Crippen molar-refractivity contribution in [3.05, 3.63) is 10.4 Å². The molecule has 0 radical (unpaired) electrons. The second kappa shape index (κ2) is 3.44. The van der Waals surface area contributed by atoms with E-state index < -0.39 is 0 Å². The predicted octanol–water partition coefficient (Wildman–Crippen LogP) is 1.39. The number of hydrogen-bond acceptors (Lipinski definition) is 2. The van der Waals surface area contributed by atoms with Crippen molar-refractivity contribution < 1.29 is 0 Å². The second-order valence-corrected chi connectivity index (χ2v) is 2.54. The van der Waals surface area contributed by atoms with Crippen molar-refractivity contribution in [2.24, 2.45) is 5.11 Å². The zero-order valence-electron chi connectivity index (χ0n) is 6.19. The summed E-state index contributed by atoms with van der Waals surface area (Å²) in [6, 6.07) is 0.227. The van der Waals surface area contributed by atoms with E-state index in [0.29, 0.717) is 0 Å². The first-order chi connectivity index (χ1) is 4.86. The molecule has 0 aromatic rings. The van der Waals surface area contributed by atoms with Gasteiger partial charge >= 0.3 is 0 Å². The summed E-state index contributed by atoms with van der Waals surface area (Å²) >= 11 is 0. The van der Waals surface area contributed by atoms with Crippen LogP contribution in [-0.2, 0) is 0 Å². The van der Waals surface area contributed by atoms with Crippen molar-refractivity contribution in [2.75, 3.05) is 19.6 Å². The molecule has 0 N–H and O–H groups in total. The summed E-state index contributed by atoms with van der Waals surface area (Å²) in [6.07, 6.45) is 1.03. The Balaban J connectivity index is 2.35. The second-order valence-electron chi connectivity index (χ2n) is 2.54. The van der Waals surface area contributed by atoms with Gasteiger partial charge in [-0.05, 0) is 25.0 Å². The molecule has 1 fully saturated rings. The molecule has 1 saturated heterocycles. The first-order valence-electron chi connectivity index (χ1n) is 3.63. The van der Waals surface area contributed by atoms with Gasteiger partial charge in [-0.25, -0.2) is 0 Å². The maximum Gasteiger partial charge on any atom is 0.0513 e. The Labute approximate surface area is 60.5 Å². The summed E-state index contributed by atoms with van der Waals surface area (Å²) in [6.45, 7) is 5.22. The molecule has 0 bridgehead atoms. The van der Waals surface area contributed by atoms with Gasteiger partial charge in [-0.1, -0.05) is 12.0 Å². The van der Waals surface area contributed by atoms with Gasteiger partial charge in [-0.15, -0.1) is 0 Å². The molecule has 1 atom stereocenters. The third kappa shape index (κ3) is 1.62. The highest BCUT2D eigenvalue weighted by molar-refractivity contribution is 4.79. The third-order valence-corrected chi connectivity index (χ3v) is 1.91. The van der Waals surface area contributed by atoms with Crippen LogP contribution in [0.2, 0.25) is 0 Å². The van der Waals surface area contributed by atoms with Crippen LogP contribution in [0.5, 0.6) is 0 Å². The Morgan fingerprint density at radius 3 is 3.10 bits per heavy atom. The normalized spacial score (nSPS) is 26.3. The molecule has 56 valence electrons. The minimum Gasteiger partial charge on any atom is -0.303 e. The van der Waals surface area contributed by atoms with Crippen LogP contribution >= 0.6 is 0 Å². The zero-order valence-corrected chi connectivity index (χ0v) is 6.19. The maximum absolute atomic E-state index is 8.13. The smallest absolute Gasteiger partial charge is 0.0513 e. The average molecular weight is 140 g/mol. The van der Waals surface area contributed by atoms with E-state index in [0.717, 1.165) is 26.1 Å². The number of nitrogens with zero attached hydrogens (tertiary/aromatic N) is 4. The lowest BCUT2D eigenvalue weighted by atomic mass is 10.3. The van der Waals surface area contributed by atoms with Crippen LogP contribution in [-0.4, -0.2) is 30.6 Å². The first-order valence-corrected chi connectivity index (χ1v) is 3.63. The third-order valence-electron chi connectivity index (χ3n) is 1.91. The average Bonchev–Trinajstić information content (AvgIpc) is 2.37. The van der Waals surface area contributed by atoms with Crippen molar-refractivity contribution in [1.29, 1.82) is 0 Å². The zero-order chi connectivity index (χ0) is 7.40. The molecule has 10 heavy (non-hydrogen) atoms. The molecule has 0 unspecified atom stereocenters. The summed E-state index contributed by atoms with van der Waals surface area (Å²) < 4.78 is 0. The molecule has 4 nitrogen and oxygen atoms in total. The summed E-state index contributed by atoms with van der Waals surface area (Å²) in [7, 11) is 0. The van der Waals surface area contributed by atoms with Crippen molar-refractivity contribution >= 4 is 0 Å². The van der Waals surface area contributed by atoms with Gasteiger partial charge in [-0.2, -0.15) is 0 Å². The fourth-order valence-electron chi connectivity index (χ4n) is 1.27. The van der Waals surface area contributed by atoms with Crippen LogP contribution in [0.25, 0.3) is 10.4 Å². The lowest BCUT2D eigenvalue weighted by molar-refractivity contribution is 0.354. The van der Waals surface area contributed by atoms with Gasteiger partial charge in [-0.3, -0.25) is 0 Å². The van der Waals surface area contributed by atoms with Gasteiger partial charge in [0, 0.05) is 11.5 Å². The van der Waals surface area contributed by atoms with Crippen LogP contribution in [0.3, 0.4) is 0 Å². The highest BCUT2D eigenvalue weighted by Gasteiger charge is 2.18. The number of likely N-dealkylation sites (N-methyl/N-ethyl adjacent to an activating group) is 1. The number of azide groups is 1. The lowest BCUT2D eigenvalue weighted by Gasteiger charge is -2.09. The lowest BCUT2D eigenvalue weighted by Crippen LogP contribution is -2.20.